The van der Waals surface area contributed by atoms with Crippen molar-refractivity contribution in [2.45, 2.75) is 31.8 Å². The summed E-state index contributed by atoms with van der Waals surface area (Å²) >= 11 is 23.9. The van der Waals surface area contributed by atoms with Gasteiger partial charge in [-0.25, -0.2) is 4.79 Å². The van der Waals surface area contributed by atoms with Gasteiger partial charge in [0.1, 0.15) is 24.7 Å². The van der Waals surface area contributed by atoms with Crippen LogP contribution in [0.1, 0.15) is 30.4 Å². The molecule has 212 valence electrons. The summed E-state index contributed by atoms with van der Waals surface area (Å²) in [6, 6.07) is 19.2. The highest BCUT2D eigenvalue weighted by Gasteiger charge is 2.20. The minimum absolute atomic E-state index is 0.277. The smallest absolute Gasteiger partial charge is 0.333 e. The maximum absolute atomic E-state index is 11.4. The molecule has 10 heteroatoms. The fourth-order valence-corrected chi connectivity index (χ4v) is 4.86. The molecule has 0 spiro atoms. The Bertz CT molecular complexity index is 1340. The van der Waals surface area contributed by atoms with Gasteiger partial charge in [-0.05, 0) is 66.8 Å². The minimum Gasteiger partial charge on any atom is -0.490 e. The van der Waals surface area contributed by atoms with E-state index in [9.17, 15) is 9.90 Å². The van der Waals surface area contributed by atoms with Crippen LogP contribution in [-0.4, -0.2) is 43.4 Å². The predicted molar refractivity (Wildman–Crippen MR) is 162 cm³/mol. The van der Waals surface area contributed by atoms with E-state index in [0.717, 1.165) is 35.3 Å². The van der Waals surface area contributed by atoms with E-state index in [4.69, 9.17) is 55.9 Å². The summed E-state index contributed by atoms with van der Waals surface area (Å²) in [5.41, 5.74) is 3.36. The molecule has 2 aliphatic rings. The molecule has 0 radical (unpaired) electrons. The lowest BCUT2D eigenvalue weighted by Crippen LogP contribution is -2.28. The van der Waals surface area contributed by atoms with Crippen molar-refractivity contribution >= 4 is 57.9 Å². The zero-order chi connectivity index (χ0) is 28.5. The predicted octanol–water partition coefficient (Wildman–Crippen LogP) is 7.53. The first kappa shape index (κ1) is 30.5. The van der Waals surface area contributed by atoms with Crippen molar-refractivity contribution in [2.75, 3.05) is 26.3 Å². The van der Waals surface area contributed by atoms with Gasteiger partial charge < -0.3 is 25.2 Å². The molecule has 1 aliphatic heterocycles. The summed E-state index contributed by atoms with van der Waals surface area (Å²) < 4.78 is 11.2. The number of carboxylic acid groups (broad SMARTS) is 1. The Morgan fingerprint density at radius 1 is 0.900 bits per heavy atom. The van der Waals surface area contributed by atoms with E-state index in [1.54, 1.807) is 6.07 Å². The quantitative estimate of drug-likeness (QED) is 0.160. The summed E-state index contributed by atoms with van der Waals surface area (Å²) in [7, 11) is 0. The molecule has 3 aromatic rings. The number of carbonyl (C=O) groups is 1. The molecule has 3 aromatic carbocycles. The van der Waals surface area contributed by atoms with E-state index in [2.05, 4.69) is 16.7 Å². The number of rotatable bonds is 10. The molecule has 0 unspecified atom stereocenters. The molecule has 3 N–H and O–H groups in total. The van der Waals surface area contributed by atoms with Crippen molar-refractivity contribution in [1.29, 1.82) is 0 Å². The fraction of sp³-hybridized carbons (Fsp3) is 0.300. The van der Waals surface area contributed by atoms with Gasteiger partial charge in [-0.3, -0.25) is 0 Å². The Hall–Kier alpha value is -2.45. The lowest BCUT2D eigenvalue weighted by Gasteiger charge is -2.19. The van der Waals surface area contributed by atoms with Gasteiger partial charge in [0.25, 0.3) is 0 Å². The van der Waals surface area contributed by atoms with Crippen LogP contribution in [0, 0.1) is 0 Å². The second kappa shape index (κ2) is 15.0. The number of hydrogen-bond donors (Lipinski definition) is 3. The van der Waals surface area contributed by atoms with Gasteiger partial charge in [-0.1, -0.05) is 76.7 Å². The average molecular weight is 624 g/mol. The first-order valence-corrected chi connectivity index (χ1v) is 14.5. The molecule has 1 fully saturated rings. The van der Waals surface area contributed by atoms with E-state index < -0.39 is 5.97 Å². The van der Waals surface area contributed by atoms with Gasteiger partial charge in [0.15, 0.2) is 0 Å². The van der Waals surface area contributed by atoms with Gasteiger partial charge in [-0.15, -0.1) is 0 Å². The molecule has 0 atom stereocenters. The summed E-state index contributed by atoms with van der Waals surface area (Å²) in [6.07, 6.45) is 3.33. The molecule has 40 heavy (non-hydrogen) atoms. The topological polar surface area (TPSA) is 79.8 Å². The Morgan fingerprint density at radius 3 is 2.30 bits per heavy atom. The molecular weight excluding hydrogens is 594 g/mol. The van der Waals surface area contributed by atoms with Gasteiger partial charge >= 0.3 is 5.97 Å². The zero-order valence-electron chi connectivity index (χ0n) is 21.7. The highest BCUT2D eigenvalue weighted by molar-refractivity contribution is 6.43. The maximum Gasteiger partial charge on any atom is 0.333 e. The van der Waals surface area contributed by atoms with Crippen LogP contribution in [0.25, 0.3) is 5.57 Å². The van der Waals surface area contributed by atoms with Crippen molar-refractivity contribution in [2.24, 2.45) is 0 Å². The summed E-state index contributed by atoms with van der Waals surface area (Å²) in [6.45, 7) is 2.63. The van der Waals surface area contributed by atoms with Crippen molar-refractivity contribution < 1.29 is 19.4 Å². The number of carboxylic acids is 1. The Morgan fingerprint density at radius 2 is 1.60 bits per heavy atom. The Labute approximate surface area is 254 Å². The average Bonchev–Trinajstić information content (AvgIpc) is 3.79. The third kappa shape index (κ3) is 9.03. The van der Waals surface area contributed by atoms with Crippen LogP contribution in [0.2, 0.25) is 20.1 Å². The first-order valence-electron chi connectivity index (χ1n) is 12.9. The lowest BCUT2D eigenvalue weighted by atomic mass is 9.94. The number of halogens is 4. The number of nitrogens with one attached hydrogen (secondary N) is 2. The molecule has 0 bridgehead atoms. The highest BCUT2D eigenvalue weighted by Crippen LogP contribution is 2.34. The molecular formula is C30H30Cl4N2O4. The molecule has 6 nitrogen and oxygen atoms in total. The van der Waals surface area contributed by atoms with Crippen LogP contribution in [0.3, 0.4) is 0 Å². The number of aliphatic carboxylic acids is 1. The standard InChI is InChI=1S/C20H18Cl3NO4.C10H12ClN/c21-16-9-18(23)19(10-17(16)22)28-8-7-27-13-3-1-12(2-4-13)14-5-6-24-11-15(14)20(25)26;11-10-4-2-1-3-8(10)7-12-9-5-6-9/h1-4,9-10,24H,5-8,11H2,(H,25,26);1-4,9,12H,5-7H2. The van der Waals surface area contributed by atoms with E-state index >= 15 is 0 Å². The molecule has 0 aromatic heterocycles. The zero-order valence-corrected chi connectivity index (χ0v) is 24.7. The van der Waals surface area contributed by atoms with Crippen molar-refractivity contribution in [3.8, 4) is 11.5 Å². The number of hydrogen-bond acceptors (Lipinski definition) is 5. The van der Waals surface area contributed by atoms with E-state index in [-0.39, 0.29) is 6.61 Å². The first-order chi connectivity index (χ1) is 19.3. The largest absolute Gasteiger partial charge is 0.490 e. The summed E-state index contributed by atoms with van der Waals surface area (Å²) in [5.74, 6) is 0.216. The number of benzene rings is 3. The summed E-state index contributed by atoms with van der Waals surface area (Å²) in [5, 5.41) is 17.8. The minimum atomic E-state index is -0.888. The second-order valence-electron chi connectivity index (χ2n) is 9.35. The van der Waals surface area contributed by atoms with Crippen LogP contribution in [-0.2, 0) is 11.3 Å². The molecule has 0 amide bonds. The van der Waals surface area contributed by atoms with Gasteiger partial charge in [-0.2, -0.15) is 0 Å². The number of ether oxygens (including phenoxy) is 2. The van der Waals surface area contributed by atoms with E-state index in [1.807, 2.05) is 42.5 Å². The van der Waals surface area contributed by atoms with Crippen LogP contribution >= 0.6 is 46.4 Å². The SMILES string of the molecule is Clc1ccccc1CNC1CC1.O=C(O)C1=C(c2ccc(OCCOc3cc(Cl)c(Cl)cc3Cl)cc2)CCNC1. The molecule has 1 saturated carbocycles. The van der Waals surface area contributed by atoms with Crippen molar-refractivity contribution in [3.05, 3.63) is 97.5 Å². The molecule has 1 heterocycles. The van der Waals surface area contributed by atoms with Gasteiger partial charge in [0.2, 0.25) is 0 Å². The van der Waals surface area contributed by atoms with Crippen molar-refractivity contribution in [1.82, 2.24) is 10.6 Å². The van der Waals surface area contributed by atoms with Crippen LogP contribution in [0.4, 0.5) is 0 Å². The molecule has 0 saturated heterocycles. The monoisotopic (exact) mass is 622 g/mol. The maximum atomic E-state index is 11.4. The van der Waals surface area contributed by atoms with Crippen LogP contribution < -0.4 is 20.1 Å². The van der Waals surface area contributed by atoms with Gasteiger partial charge in [0, 0.05) is 30.2 Å². The van der Waals surface area contributed by atoms with Crippen molar-refractivity contribution in [3.63, 3.8) is 0 Å². The fourth-order valence-electron chi connectivity index (χ4n) is 4.07. The van der Waals surface area contributed by atoms with Gasteiger partial charge in [0.05, 0.1) is 20.6 Å². The van der Waals surface area contributed by atoms with E-state index in [0.29, 0.717) is 51.7 Å². The molecule has 5 rings (SSSR count). The third-order valence-electron chi connectivity index (χ3n) is 6.38. The van der Waals surface area contributed by atoms with Crippen LogP contribution in [0.5, 0.6) is 11.5 Å². The third-order valence-corrected chi connectivity index (χ3v) is 7.77. The van der Waals surface area contributed by atoms with E-state index in [1.165, 1.54) is 24.5 Å². The highest BCUT2D eigenvalue weighted by atomic mass is 35.5. The van der Waals surface area contributed by atoms with Crippen LogP contribution in [0.15, 0.2) is 66.2 Å². The Balaban J connectivity index is 0.000000255. The lowest BCUT2D eigenvalue weighted by molar-refractivity contribution is -0.132. The summed E-state index contributed by atoms with van der Waals surface area (Å²) in [4.78, 5) is 11.4. The Kier molecular flexibility index (Phi) is 11.4. The second-order valence-corrected chi connectivity index (χ2v) is 11.0. The molecule has 1 aliphatic carbocycles. The normalized spacial score (nSPS) is 14.8.